The van der Waals surface area contributed by atoms with E-state index in [1.807, 2.05) is 0 Å². The van der Waals surface area contributed by atoms with E-state index in [0.29, 0.717) is 11.4 Å². The van der Waals surface area contributed by atoms with Gasteiger partial charge >= 0.3 is 0 Å². The molecule has 146 valence electrons. The van der Waals surface area contributed by atoms with Gasteiger partial charge in [-0.2, -0.15) is 10.2 Å². The van der Waals surface area contributed by atoms with E-state index in [9.17, 15) is 19.7 Å². The molecule has 0 radical (unpaired) electrons. The number of non-ortho nitro benzene ring substituents is 1. The fourth-order valence-corrected chi connectivity index (χ4v) is 2.40. The Morgan fingerprint density at radius 2 is 1.79 bits per heavy atom. The lowest BCUT2D eigenvalue weighted by molar-refractivity contribution is -0.384. The lowest BCUT2D eigenvalue weighted by atomic mass is 10.2. The predicted molar refractivity (Wildman–Crippen MR) is 100 cm³/mol. The fraction of sp³-hybridized carbons (Fsp3) is 0.222. The van der Waals surface area contributed by atoms with Gasteiger partial charge in [0.1, 0.15) is 18.0 Å². The van der Waals surface area contributed by atoms with Gasteiger partial charge in [-0.05, 0) is 18.2 Å². The average Bonchev–Trinajstić information content (AvgIpc) is 2.68. The van der Waals surface area contributed by atoms with Crippen molar-refractivity contribution in [2.45, 2.75) is 6.92 Å². The number of anilines is 1. The topological polar surface area (TPSA) is 124 Å². The standard InChI is InChI=1S/C18H18N4O6/c1-12(23)21(15-6-4-5-7-16(15)27-2)18(24)11-19-20-14-9-8-13(22(25)26)10-17(14)28-3/h4-10H,11H2,1-3H3. The van der Waals surface area contributed by atoms with Crippen LogP contribution in [0.3, 0.4) is 0 Å². The molecule has 0 bridgehead atoms. The third-order valence-corrected chi connectivity index (χ3v) is 3.65. The fourth-order valence-electron chi connectivity index (χ4n) is 2.40. The van der Waals surface area contributed by atoms with Crippen LogP contribution in [0.4, 0.5) is 17.1 Å². The van der Waals surface area contributed by atoms with Gasteiger partial charge in [0.2, 0.25) is 5.91 Å². The zero-order chi connectivity index (χ0) is 20.7. The number of carbonyl (C=O) groups is 2. The first-order chi connectivity index (χ1) is 13.4. The Hall–Kier alpha value is -3.82. The number of nitro benzene ring substituents is 1. The Morgan fingerprint density at radius 3 is 2.39 bits per heavy atom. The zero-order valence-corrected chi connectivity index (χ0v) is 15.5. The molecule has 0 heterocycles. The van der Waals surface area contributed by atoms with Gasteiger partial charge in [0, 0.05) is 13.0 Å². The van der Waals surface area contributed by atoms with Crippen molar-refractivity contribution in [2.75, 3.05) is 25.7 Å². The van der Waals surface area contributed by atoms with Gasteiger partial charge in [0.05, 0.1) is 30.9 Å². The summed E-state index contributed by atoms with van der Waals surface area (Å²) < 4.78 is 10.2. The Kier molecular flexibility index (Phi) is 6.74. The maximum absolute atomic E-state index is 12.5. The van der Waals surface area contributed by atoms with E-state index in [1.165, 1.54) is 39.3 Å². The highest BCUT2D eigenvalue weighted by Crippen LogP contribution is 2.32. The van der Waals surface area contributed by atoms with E-state index < -0.39 is 23.3 Å². The molecular weight excluding hydrogens is 368 g/mol. The van der Waals surface area contributed by atoms with Crippen LogP contribution in [0.1, 0.15) is 6.92 Å². The maximum atomic E-state index is 12.5. The highest BCUT2D eigenvalue weighted by atomic mass is 16.6. The van der Waals surface area contributed by atoms with Crippen molar-refractivity contribution in [3.05, 3.63) is 52.6 Å². The monoisotopic (exact) mass is 386 g/mol. The number of amides is 2. The predicted octanol–water partition coefficient (Wildman–Crippen LogP) is 3.28. The molecule has 2 rings (SSSR count). The van der Waals surface area contributed by atoms with E-state index in [1.54, 1.807) is 24.3 Å². The van der Waals surface area contributed by atoms with Gasteiger partial charge in [-0.1, -0.05) is 12.1 Å². The molecule has 2 amide bonds. The number of methoxy groups -OCH3 is 2. The number of imide groups is 1. The molecule has 0 aliphatic carbocycles. The van der Waals surface area contributed by atoms with Crippen LogP contribution in [-0.4, -0.2) is 37.5 Å². The number of para-hydroxylation sites is 2. The quantitative estimate of drug-likeness (QED) is 0.409. The molecule has 10 nitrogen and oxygen atoms in total. The number of hydrogen-bond acceptors (Lipinski definition) is 8. The molecule has 0 aromatic heterocycles. The summed E-state index contributed by atoms with van der Waals surface area (Å²) in [7, 11) is 2.77. The number of benzene rings is 2. The molecule has 0 N–H and O–H groups in total. The van der Waals surface area contributed by atoms with E-state index >= 15 is 0 Å². The van der Waals surface area contributed by atoms with Crippen LogP contribution in [0.15, 0.2) is 52.7 Å². The first-order valence-corrected chi connectivity index (χ1v) is 8.05. The second kappa shape index (κ2) is 9.21. The number of ether oxygens (including phenoxy) is 2. The third-order valence-electron chi connectivity index (χ3n) is 3.65. The van der Waals surface area contributed by atoms with Crippen molar-refractivity contribution in [1.82, 2.24) is 0 Å². The Balaban J connectivity index is 2.21. The van der Waals surface area contributed by atoms with Crippen molar-refractivity contribution in [3.8, 4) is 11.5 Å². The van der Waals surface area contributed by atoms with Crippen molar-refractivity contribution < 1.29 is 24.0 Å². The van der Waals surface area contributed by atoms with Gasteiger partial charge in [0.15, 0.2) is 5.75 Å². The molecule has 0 aliphatic heterocycles. The minimum Gasteiger partial charge on any atom is -0.495 e. The number of hydrogen-bond donors (Lipinski definition) is 0. The number of nitrogens with zero attached hydrogens (tertiary/aromatic N) is 4. The molecule has 10 heteroatoms. The van der Waals surface area contributed by atoms with Crippen molar-refractivity contribution in [3.63, 3.8) is 0 Å². The van der Waals surface area contributed by atoms with Crippen molar-refractivity contribution in [1.29, 1.82) is 0 Å². The Morgan fingerprint density at radius 1 is 1.11 bits per heavy atom. The van der Waals surface area contributed by atoms with Crippen LogP contribution in [0, 0.1) is 10.1 Å². The first kappa shape index (κ1) is 20.5. The van der Waals surface area contributed by atoms with Gasteiger partial charge < -0.3 is 9.47 Å². The summed E-state index contributed by atoms with van der Waals surface area (Å²) in [6, 6.07) is 10.4. The summed E-state index contributed by atoms with van der Waals surface area (Å²) in [4.78, 5) is 35.7. The summed E-state index contributed by atoms with van der Waals surface area (Å²) in [5.41, 5.74) is 0.351. The summed E-state index contributed by atoms with van der Waals surface area (Å²) >= 11 is 0. The van der Waals surface area contributed by atoms with E-state index in [4.69, 9.17) is 9.47 Å². The van der Waals surface area contributed by atoms with E-state index in [2.05, 4.69) is 10.2 Å². The minimum atomic E-state index is -0.610. The second-order valence-electron chi connectivity index (χ2n) is 5.43. The Labute approximate surface area is 160 Å². The molecule has 0 fully saturated rings. The van der Waals surface area contributed by atoms with Gasteiger partial charge in [-0.25, -0.2) is 4.90 Å². The van der Waals surface area contributed by atoms with Gasteiger partial charge in [0.25, 0.3) is 11.6 Å². The van der Waals surface area contributed by atoms with E-state index in [-0.39, 0.29) is 17.1 Å². The van der Waals surface area contributed by atoms with Crippen molar-refractivity contribution in [2.24, 2.45) is 10.2 Å². The highest BCUT2D eigenvalue weighted by molar-refractivity contribution is 6.15. The number of carbonyl (C=O) groups excluding carboxylic acids is 2. The largest absolute Gasteiger partial charge is 0.495 e. The molecule has 2 aromatic carbocycles. The van der Waals surface area contributed by atoms with Crippen LogP contribution < -0.4 is 14.4 Å². The summed E-state index contributed by atoms with van der Waals surface area (Å²) in [5, 5.41) is 18.5. The maximum Gasteiger partial charge on any atom is 0.273 e. The van der Waals surface area contributed by atoms with Gasteiger partial charge in [-0.15, -0.1) is 0 Å². The zero-order valence-electron chi connectivity index (χ0n) is 15.5. The first-order valence-electron chi connectivity index (χ1n) is 8.05. The highest BCUT2D eigenvalue weighted by Gasteiger charge is 2.23. The van der Waals surface area contributed by atoms with E-state index in [0.717, 1.165) is 4.90 Å². The molecule has 0 saturated carbocycles. The number of rotatable bonds is 7. The van der Waals surface area contributed by atoms with Crippen LogP contribution in [-0.2, 0) is 9.59 Å². The lowest BCUT2D eigenvalue weighted by Crippen LogP contribution is -2.37. The normalized spacial score (nSPS) is 10.5. The van der Waals surface area contributed by atoms with Gasteiger partial charge in [-0.3, -0.25) is 19.7 Å². The molecule has 0 unspecified atom stereocenters. The SMILES string of the molecule is COc1cc([N+](=O)[O-])ccc1N=NCC(=O)N(C(C)=O)c1ccccc1OC. The molecule has 0 spiro atoms. The molecule has 0 atom stereocenters. The van der Waals surface area contributed by atoms with Crippen molar-refractivity contribution >= 4 is 28.9 Å². The smallest absolute Gasteiger partial charge is 0.273 e. The molecular formula is C18H18N4O6. The molecule has 0 saturated heterocycles. The number of azo groups is 1. The van der Waals surface area contributed by atoms with Crippen LogP contribution in [0.25, 0.3) is 0 Å². The third kappa shape index (κ3) is 4.67. The Bertz CT molecular complexity index is 928. The summed E-state index contributed by atoms with van der Waals surface area (Å²) in [6.07, 6.45) is 0. The molecule has 28 heavy (non-hydrogen) atoms. The minimum absolute atomic E-state index is 0.138. The lowest BCUT2D eigenvalue weighted by Gasteiger charge is -2.20. The summed E-state index contributed by atoms with van der Waals surface area (Å²) in [6.45, 7) is 0.832. The molecule has 2 aromatic rings. The van der Waals surface area contributed by atoms with Crippen LogP contribution >= 0.6 is 0 Å². The van der Waals surface area contributed by atoms with Crippen LogP contribution in [0.5, 0.6) is 11.5 Å². The summed E-state index contributed by atoms with van der Waals surface area (Å²) in [5.74, 6) is -0.613. The average molecular weight is 386 g/mol. The second-order valence-corrected chi connectivity index (χ2v) is 5.43. The molecule has 0 aliphatic rings. The van der Waals surface area contributed by atoms with Crippen LogP contribution in [0.2, 0.25) is 0 Å². The number of nitro groups is 1.